The van der Waals surface area contributed by atoms with Crippen LogP contribution in [0.5, 0.6) is 0 Å². The summed E-state index contributed by atoms with van der Waals surface area (Å²) in [6.07, 6.45) is -0.273. The van der Waals surface area contributed by atoms with Gasteiger partial charge in [0.25, 0.3) is 5.91 Å². The molecule has 0 heterocycles. The normalized spacial score (nSPS) is 11.6. The van der Waals surface area contributed by atoms with Crippen LogP contribution >= 0.6 is 15.9 Å². The summed E-state index contributed by atoms with van der Waals surface area (Å²) in [6, 6.07) is 2.25. The van der Waals surface area contributed by atoms with E-state index in [-0.39, 0.29) is 18.4 Å². The lowest BCUT2D eigenvalue weighted by Gasteiger charge is -2.14. The van der Waals surface area contributed by atoms with Gasteiger partial charge in [-0.25, -0.2) is 9.18 Å². The van der Waals surface area contributed by atoms with Crippen LogP contribution in [0.3, 0.4) is 0 Å². The van der Waals surface area contributed by atoms with Crippen LogP contribution in [-0.2, 0) is 14.3 Å². The summed E-state index contributed by atoms with van der Waals surface area (Å²) < 4.78 is 18.0. The van der Waals surface area contributed by atoms with Crippen LogP contribution < -0.4 is 5.32 Å². The van der Waals surface area contributed by atoms with Gasteiger partial charge in [0, 0.05) is 16.5 Å². The molecule has 114 valence electrons. The molecule has 8 heteroatoms. The number of ether oxygens (including phenoxy) is 1. The van der Waals surface area contributed by atoms with Crippen LogP contribution in [0.2, 0.25) is 0 Å². The van der Waals surface area contributed by atoms with Crippen molar-refractivity contribution in [2.75, 3.05) is 7.11 Å². The number of carbonyl (C=O) groups excluding carboxylic acids is 2. The fraction of sp³-hybridized carbons (Fsp3) is 0.308. The van der Waals surface area contributed by atoms with Crippen molar-refractivity contribution in [1.29, 1.82) is 0 Å². The van der Waals surface area contributed by atoms with Gasteiger partial charge in [-0.05, 0) is 24.6 Å². The van der Waals surface area contributed by atoms with E-state index in [0.717, 1.165) is 6.07 Å². The molecule has 0 bridgehead atoms. The predicted molar refractivity (Wildman–Crippen MR) is 74.2 cm³/mol. The molecule has 1 unspecified atom stereocenters. The minimum absolute atomic E-state index is 0.0220. The average Bonchev–Trinajstić information content (AvgIpc) is 2.41. The van der Waals surface area contributed by atoms with E-state index in [2.05, 4.69) is 26.0 Å². The SMILES string of the molecule is COC(=O)CCC(NC(=O)c1cc(F)cc(Br)c1)C(=O)O. The van der Waals surface area contributed by atoms with E-state index in [9.17, 15) is 18.8 Å². The Morgan fingerprint density at radius 2 is 2.05 bits per heavy atom. The minimum atomic E-state index is -1.29. The molecule has 0 spiro atoms. The molecule has 0 aliphatic carbocycles. The second kappa shape index (κ2) is 7.72. The van der Waals surface area contributed by atoms with E-state index < -0.39 is 29.7 Å². The number of carboxylic acids is 1. The molecule has 0 aliphatic heterocycles. The number of esters is 1. The van der Waals surface area contributed by atoms with Crippen molar-refractivity contribution in [1.82, 2.24) is 5.32 Å². The fourth-order valence-corrected chi connectivity index (χ4v) is 2.01. The maximum atomic E-state index is 13.2. The summed E-state index contributed by atoms with van der Waals surface area (Å²) in [4.78, 5) is 34.0. The van der Waals surface area contributed by atoms with E-state index in [1.807, 2.05) is 0 Å². The first kappa shape index (κ1) is 17.1. The minimum Gasteiger partial charge on any atom is -0.480 e. The molecule has 21 heavy (non-hydrogen) atoms. The van der Waals surface area contributed by atoms with Crippen LogP contribution in [0.15, 0.2) is 22.7 Å². The number of nitrogens with one attached hydrogen (secondary N) is 1. The van der Waals surface area contributed by atoms with Gasteiger partial charge in [-0.15, -0.1) is 0 Å². The maximum Gasteiger partial charge on any atom is 0.326 e. The number of halogens is 2. The number of carbonyl (C=O) groups is 3. The molecule has 0 radical (unpaired) electrons. The largest absolute Gasteiger partial charge is 0.480 e. The van der Waals surface area contributed by atoms with E-state index in [1.165, 1.54) is 19.2 Å². The topological polar surface area (TPSA) is 92.7 Å². The number of hydrogen-bond acceptors (Lipinski definition) is 4. The van der Waals surface area contributed by atoms with Gasteiger partial charge in [-0.3, -0.25) is 9.59 Å². The zero-order valence-corrected chi connectivity index (χ0v) is 12.6. The lowest BCUT2D eigenvalue weighted by molar-refractivity contribution is -0.142. The molecule has 1 atom stereocenters. The Labute approximate surface area is 128 Å². The van der Waals surface area contributed by atoms with Gasteiger partial charge in [0.1, 0.15) is 11.9 Å². The number of aliphatic carboxylic acids is 1. The summed E-state index contributed by atoms with van der Waals surface area (Å²) in [5, 5.41) is 11.2. The third-order valence-electron chi connectivity index (χ3n) is 2.59. The van der Waals surface area contributed by atoms with Crippen molar-refractivity contribution in [2.24, 2.45) is 0 Å². The molecule has 0 saturated heterocycles. The summed E-state index contributed by atoms with van der Waals surface area (Å²) in [7, 11) is 1.18. The van der Waals surface area contributed by atoms with Crippen molar-refractivity contribution in [3.63, 3.8) is 0 Å². The third-order valence-corrected chi connectivity index (χ3v) is 3.05. The average molecular weight is 362 g/mol. The molecule has 1 amide bonds. The van der Waals surface area contributed by atoms with Gasteiger partial charge < -0.3 is 15.2 Å². The Balaban J connectivity index is 2.76. The van der Waals surface area contributed by atoms with Crippen molar-refractivity contribution in [2.45, 2.75) is 18.9 Å². The fourth-order valence-electron chi connectivity index (χ4n) is 1.55. The molecular formula is C13H13BrFNO5. The van der Waals surface area contributed by atoms with Crippen molar-refractivity contribution in [3.05, 3.63) is 34.1 Å². The van der Waals surface area contributed by atoms with Gasteiger partial charge in [-0.2, -0.15) is 0 Å². The van der Waals surface area contributed by atoms with Gasteiger partial charge in [0.2, 0.25) is 0 Å². The highest BCUT2D eigenvalue weighted by Gasteiger charge is 2.22. The van der Waals surface area contributed by atoms with Crippen molar-refractivity contribution < 1.29 is 28.6 Å². The van der Waals surface area contributed by atoms with Gasteiger partial charge >= 0.3 is 11.9 Å². The monoisotopic (exact) mass is 361 g/mol. The number of amides is 1. The molecule has 0 fully saturated rings. The van der Waals surface area contributed by atoms with Crippen LogP contribution in [0, 0.1) is 5.82 Å². The number of hydrogen-bond donors (Lipinski definition) is 2. The van der Waals surface area contributed by atoms with Crippen LogP contribution in [0.25, 0.3) is 0 Å². The number of rotatable bonds is 6. The third kappa shape index (κ3) is 5.50. The molecule has 6 nitrogen and oxygen atoms in total. The van der Waals surface area contributed by atoms with Crippen LogP contribution in [-0.4, -0.2) is 36.1 Å². The first-order valence-corrected chi connectivity index (χ1v) is 6.69. The molecule has 1 rings (SSSR count). The maximum absolute atomic E-state index is 13.2. The van der Waals surface area contributed by atoms with Crippen molar-refractivity contribution in [3.8, 4) is 0 Å². The number of benzene rings is 1. The Morgan fingerprint density at radius 1 is 1.38 bits per heavy atom. The van der Waals surface area contributed by atoms with E-state index in [0.29, 0.717) is 4.47 Å². The van der Waals surface area contributed by atoms with Crippen LogP contribution in [0.4, 0.5) is 4.39 Å². The van der Waals surface area contributed by atoms with E-state index in [4.69, 9.17) is 5.11 Å². The van der Waals surface area contributed by atoms with Gasteiger partial charge in [0.05, 0.1) is 7.11 Å². The lowest BCUT2D eigenvalue weighted by atomic mass is 10.1. The molecule has 0 saturated carbocycles. The Morgan fingerprint density at radius 3 is 2.57 bits per heavy atom. The standard InChI is InChI=1S/C13H13BrFNO5/c1-21-11(17)3-2-10(13(19)20)16-12(18)7-4-8(14)6-9(15)5-7/h4-6,10H,2-3H2,1H3,(H,16,18)(H,19,20). The first-order valence-electron chi connectivity index (χ1n) is 5.90. The molecule has 0 aromatic heterocycles. The first-order chi connectivity index (χ1) is 9.83. The zero-order valence-electron chi connectivity index (χ0n) is 11.1. The Kier molecular flexibility index (Phi) is 6.29. The molecule has 1 aromatic rings. The quantitative estimate of drug-likeness (QED) is 0.752. The zero-order chi connectivity index (χ0) is 16.0. The van der Waals surface area contributed by atoms with Crippen LogP contribution in [0.1, 0.15) is 23.2 Å². The lowest BCUT2D eigenvalue weighted by Crippen LogP contribution is -2.41. The second-order valence-corrected chi connectivity index (χ2v) is 5.05. The highest BCUT2D eigenvalue weighted by molar-refractivity contribution is 9.10. The Bertz CT molecular complexity index is 543. The molecule has 2 N–H and O–H groups in total. The highest BCUT2D eigenvalue weighted by atomic mass is 79.9. The second-order valence-electron chi connectivity index (χ2n) is 4.14. The highest BCUT2D eigenvalue weighted by Crippen LogP contribution is 2.15. The number of carboxylic acid groups (broad SMARTS) is 1. The number of methoxy groups -OCH3 is 1. The summed E-state index contributed by atoms with van der Waals surface area (Å²) in [5.41, 5.74) is -0.0220. The summed E-state index contributed by atoms with van der Waals surface area (Å²) in [5.74, 6) is -3.24. The molecule has 1 aromatic carbocycles. The predicted octanol–water partition coefficient (Wildman–Crippen LogP) is 1.72. The van der Waals surface area contributed by atoms with E-state index in [1.54, 1.807) is 0 Å². The molecular weight excluding hydrogens is 349 g/mol. The van der Waals surface area contributed by atoms with Gasteiger partial charge in [-0.1, -0.05) is 15.9 Å². The summed E-state index contributed by atoms with van der Waals surface area (Å²) >= 11 is 3.04. The van der Waals surface area contributed by atoms with Crippen molar-refractivity contribution >= 4 is 33.8 Å². The van der Waals surface area contributed by atoms with E-state index >= 15 is 0 Å². The summed E-state index contributed by atoms with van der Waals surface area (Å²) in [6.45, 7) is 0. The smallest absolute Gasteiger partial charge is 0.326 e. The molecule has 0 aliphatic rings. The Hall–Kier alpha value is -1.96. The van der Waals surface area contributed by atoms with Gasteiger partial charge in [0.15, 0.2) is 0 Å².